The van der Waals surface area contributed by atoms with Crippen LogP contribution in [-0.4, -0.2) is 136 Å². The van der Waals surface area contributed by atoms with E-state index >= 15 is 0 Å². The molecule has 4 aromatic carbocycles. The number of hydrogen-bond donors (Lipinski definition) is 8. The van der Waals surface area contributed by atoms with Gasteiger partial charge in [0.05, 0.1) is 26.7 Å². The lowest BCUT2D eigenvalue weighted by molar-refractivity contribution is -0.384. The van der Waals surface area contributed by atoms with Gasteiger partial charge in [-0.15, -0.1) is 0 Å². The molecule has 12 N–H and O–H groups in total. The smallest absolute Gasteiger partial charge is 0.376 e. The number of carbonyl (C=O) groups excluding carboxylic acids is 1. The number of piperidine rings is 2. The summed E-state index contributed by atoms with van der Waals surface area (Å²) >= 11 is 5.41. The van der Waals surface area contributed by atoms with Crippen LogP contribution in [0.25, 0.3) is 28.1 Å². The minimum atomic E-state index is -0.612. The number of aromatic nitrogens is 6. The third kappa shape index (κ3) is 24.3. The number of hydrogen-bond acceptors (Lipinski definition) is 22. The minimum absolute atomic E-state index is 0. The standard InChI is InChI=1S/C25H27BN4O2.C14H12O2.C11H15BN4O3.C11H19BN4O.C5H4ClN3O2.4CH4/c1-26(31)30-15-13-19(14-16-30)22-11-12-23-25(27-22)29-24(28-23)20-7-9-21(10-8-20)32-17-18-5-3-2-4-6-18;15-10-12-6-8-14(9-7-12)16-11-13-4-2-1-3-5-13;1-12(17)15-6-4-8(5-7-15)9-2-3-10(16(18)19)11(13)14-9;1-12(17)16-6-4-8(5-7-16)10-3-2-9(13)11(14)15-10;6-4-2-1-3(9(10)11)5(7)8-4;;;;/h2-12,19,31H,13-17H2,1H3,(H,27,28,29);1-10H,11H2;2-4,17H,5-7H2,1H3,(H2,13,14);2-3,8,17H,4-7,13H2,1H3,(H2,14,15);1-2H,(H2,7,8);4*1H4. The normalized spacial score (nSPS) is 13.7. The van der Waals surface area contributed by atoms with Crippen molar-refractivity contribution in [2.45, 2.75) is 107 Å². The van der Waals surface area contributed by atoms with Crippen molar-refractivity contribution < 1.29 is 39.2 Å². The number of nitrogens with zero attached hydrogens (tertiary/aromatic N) is 10. The minimum Gasteiger partial charge on any atom is -0.489 e. The Bertz CT molecular complexity index is 3980. The lowest BCUT2D eigenvalue weighted by Crippen LogP contribution is -2.42. The van der Waals surface area contributed by atoms with E-state index in [1.165, 1.54) is 18.2 Å². The van der Waals surface area contributed by atoms with Crippen molar-refractivity contribution in [1.29, 1.82) is 0 Å². The molecular formula is C70H93B3ClN15O10. The second-order valence-electron chi connectivity index (χ2n) is 22.8. The summed E-state index contributed by atoms with van der Waals surface area (Å²) in [6.45, 7) is 11.4. The van der Waals surface area contributed by atoms with Crippen molar-refractivity contribution in [3.8, 4) is 22.9 Å². The highest BCUT2D eigenvalue weighted by molar-refractivity contribution is 6.46. The van der Waals surface area contributed by atoms with E-state index in [1.807, 2.05) is 103 Å². The molecule has 29 heteroatoms. The Labute approximate surface area is 586 Å². The predicted octanol–water partition coefficient (Wildman–Crippen LogP) is 12.6. The molecule has 5 aromatic heterocycles. The fraction of sp³-hybridized carbons (Fsp3) is 0.314. The number of H-pyrrole nitrogens is 1. The summed E-state index contributed by atoms with van der Waals surface area (Å²) in [7, 11) is -1.22. The molecular weight excluding hydrogens is 1280 g/mol. The molecule has 0 aliphatic carbocycles. The zero-order chi connectivity index (χ0) is 68.0. The number of fused-ring (bicyclic) bond motifs is 1. The third-order valence-electron chi connectivity index (χ3n) is 16.2. The Kier molecular flexibility index (Phi) is 33.1. The van der Waals surface area contributed by atoms with E-state index in [0.717, 1.165) is 133 Å². The Morgan fingerprint density at radius 1 is 0.566 bits per heavy atom. The Morgan fingerprint density at radius 3 is 1.48 bits per heavy atom. The summed E-state index contributed by atoms with van der Waals surface area (Å²) in [6, 6.07) is 48.6. The van der Waals surface area contributed by atoms with Gasteiger partial charge in [-0.25, -0.2) is 24.9 Å². The van der Waals surface area contributed by atoms with Crippen molar-refractivity contribution in [2.24, 2.45) is 0 Å². The van der Waals surface area contributed by atoms with Gasteiger partial charge < -0.3 is 66.9 Å². The molecule has 0 unspecified atom stereocenters. The van der Waals surface area contributed by atoms with Gasteiger partial charge in [0.25, 0.3) is 0 Å². The molecule has 12 rings (SSSR count). The summed E-state index contributed by atoms with van der Waals surface area (Å²) in [5.74, 6) is 3.43. The first-order chi connectivity index (χ1) is 45.7. The second kappa shape index (κ2) is 40.2. The first-order valence-corrected chi connectivity index (χ1v) is 31.4. The largest absolute Gasteiger partial charge is 0.489 e. The van der Waals surface area contributed by atoms with Crippen LogP contribution in [0.15, 0.2) is 164 Å². The summed E-state index contributed by atoms with van der Waals surface area (Å²) in [5.41, 5.74) is 31.6. The van der Waals surface area contributed by atoms with Gasteiger partial charge in [-0.2, -0.15) is 0 Å². The molecule has 0 saturated carbocycles. The van der Waals surface area contributed by atoms with Gasteiger partial charge in [-0.3, -0.25) is 25.0 Å². The Morgan fingerprint density at radius 2 is 1.04 bits per heavy atom. The molecule has 0 spiro atoms. The van der Waals surface area contributed by atoms with Gasteiger partial charge in [-0.1, -0.05) is 108 Å². The van der Waals surface area contributed by atoms with Gasteiger partial charge in [0.15, 0.2) is 5.65 Å². The molecule has 99 heavy (non-hydrogen) atoms. The quantitative estimate of drug-likeness (QED) is 0.0146. The number of nitro groups is 2. The number of imidazole rings is 1. The average molecular weight is 1370 g/mol. The lowest BCUT2D eigenvalue weighted by Gasteiger charge is -2.32. The van der Waals surface area contributed by atoms with Gasteiger partial charge in [0.1, 0.15) is 47.8 Å². The maximum atomic E-state index is 10.7. The number of aromatic amines is 1. The maximum absolute atomic E-state index is 10.7. The number of halogens is 1. The zero-order valence-electron chi connectivity index (χ0n) is 53.1. The number of nitrogens with two attached hydrogens (primary N) is 4. The number of rotatable bonds is 16. The monoisotopic (exact) mass is 1370 g/mol. The number of benzene rings is 4. The fourth-order valence-corrected chi connectivity index (χ4v) is 10.8. The number of ether oxygens (including phenoxy) is 2. The molecule has 2 saturated heterocycles. The number of carbonyl (C=O) groups is 1. The molecule has 25 nitrogen and oxygen atoms in total. The maximum Gasteiger partial charge on any atom is 0.376 e. The molecule has 3 aliphatic rings. The predicted molar refractivity (Wildman–Crippen MR) is 401 cm³/mol. The van der Waals surface area contributed by atoms with Crippen LogP contribution in [0.4, 0.5) is 34.5 Å². The van der Waals surface area contributed by atoms with Crippen molar-refractivity contribution in [2.75, 3.05) is 62.2 Å². The van der Waals surface area contributed by atoms with Crippen LogP contribution < -0.4 is 32.4 Å². The van der Waals surface area contributed by atoms with Crippen LogP contribution in [0.2, 0.25) is 25.6 Å². The number of aldehydes is 1. The summed E-state index contributed by atoms with van der Waals surface area (Å²) in [4.78, 5) is 61.1. The molecule has 2 fully saturated rings. The number of anilines is 4. The van der Waals surface area contributed by atoms with E-state index in [2.05, 4.69) is 53.8 Å². The van der Waals surface area contributed by atoms with Gasteiger partial charge in [-0.05, 0) is 187 Å². The fourth-order valence-electron chi connectivity index (χ4n) is 10.6. The number of nitrogens with one attached hydrogen (secondary N) is 1. The van der Waals surface area contributed by atoms with E-state index in [-0.39, 0.29) is 72.0 Å². The van der Waals surface area contributed by atoms with E-state index in [4.69, 9.17) is 54.0 Å². The highest BCUT2D eigenvalue weighted by atomic mass is 35.5. The molecule has 0 atom stereocenters. The van der Waals surface area contributed by atoms with Crippen LogP contribution in [0.5, 0.6) is 11.5 Å². The number of nitrogen functional groups attached to an aromatic ring is 4. The summed E-state index contributed by atoms with van der Waals surface area (Å²) < 4.78 is 11.5. The summed E-state index contributed by atoms with van der Waals surface area (Å²) in [5, 5.41) is 49.7. The molecule has 524 valence electrons. The Hall–Kier alpha value is -9.80. The first-order valence-electron chi connectivity index (χ1n) is 31.0. The van der Waals surface area contributed by atoms with E-state index in [0.29, 0.717) is 54.4 Å². The SMILES string of the molecule is C.C.C.C.CB(O)N1CC=C(c2ccc([N+](=O)[O-])c(N)n2)CC1.CB(O)N1CCC(c2ccc(N)c(N)n2)CC1.CB(O)N1CCC(c2ccc3[nH]c(-c4ccc(OCc5ccccc5)cc4)nc3n2)CC1.Nc1nc(Cl)ccc1[N+](=O)[O-].O=Cc1ccc(OCc2ccccc2)cc1. The van der Waals surface area contributed by atoms with Crippen molar-refractivity contribution in [3.05, 3.63) is 223 Å². The zero-order valence-corrected chi connectivity index (χ0v) is 53.9. The van der Waals surface area contributed by atoms with Gasteiger partial charge in [0.2, 0.25) is 11.6 Å². The molecule has 0 amide bonds. The van der Waals surface area contributed by atoms with Crippen molar-refractivity contribution in [3.63, 3.8) is 0 Å². The Balaban J connectivity index is 0.000000273. The molecule has 3 aliphatic heterocycles. The van der Waals surface area contributed by atoms with Crippen LogP contribution in [0.3, 0.4) is 0 Å². The van der Waals surface area contributed by atoms with Crippen LogP contribution in [0.1, 0.15) is 112 Å². The molecule has 0 bridgehead atoms. The molecule has 0 radical (unpaired) electrons. The number of pyridine rings is 4. The van der Waals surface area contributed by atoms with Gasteiger partial charge >= 0.3 is 32.5 Å². The second-order valence-corrected chi connectivity index (χ2v) is 23.2. The van der Waals surface area contributed by atoms with E-state index < -0.39 is 16.9 Å². The summed E-state index contributed by atoms with van der Waals surface area (Å²) in [6.07, 6.45) is 7.53. The van der Waals surface area contributed by atoms with Crippen molar-refractivity contribution >= 4 is 90.3 Å². The first kappa shape index (κ1) is 81.6. The lowest BCUT2D eigenvalue weighted by atomic mass is 9.80. The highest BCUT2D eigenvalue weighted by Crippen LogP contribution is 2.32. The average Bonchev–Trinajstić information content (AvgIpc) is 1.72. The molecule has 9 aromatic rings. The van der Waals surface area contributed by atoms with Crippen LogP contribution >= 0.6 is 11.6 Å². The molecule has 8 heterocycles. The van der Waals surface area contributed by atoms with Gasteiger partial charge in [0, 0.05) is 53.0 Å². The van der Waals surface area contributed by atoms with Crippen LogP contribution in [-0.2, 0) is 13.2 Å². The van der Waals surface area contributed by atoms with Crippen molar-refractivity contribution in [1.82, 2.24) is 44.3 Å². The third-order valence-corrected chi connectivity index (χ3v) is 16.4. The van der Waals surface area contributed by atoms with Crippen LogP contribution in [0, 0.1) is 20.2 Å². The highest BCUT2D eigenvalue weighted by Gasteiger charge is 2.28. The van der Waals surface area contributed by atoms with E-state index in [9.17, 15) is 40.1 Å². The topological polar surface area (TPSA) is 377 Å². The van der Waals surface area contributed by atoms with E-state index in [1.54, 1.807) is 44.0 Å².